The molecule has 0 saturated heterocycles. The number of phosphoric ester groups is 1. The summed E-state index contributed by atoms with van der Waals surface area (Å²) in [4.78, 5) is 35.5. The Kier molecular flexibility index (Phi) is 78.6. The molecule has 0 aliphatic heterocycles. The van der Waals surface area contributed by atoms with Crippen molar-refractivity contribution in [3.8, 4) is 0 Å². The molecule has 0 fully saturated rings. The molecular weight excluding hydrogens is 1270 g/mol. The van der Waals surface area contributed by atoms with Crippen LogP contribution in [0.25, 0.3) is 0 Å². The zero-order chi connectivity index (χ0) is 72.9. The van der Waals surface area contributed by atoms with Gasteiger partial charge in [0.05, 0.1) is 13.2 Å². The van der Waals surface area contributed by atoms with Crippen LogP contribution in [0, 0.1) is 0 Å². The van der Waals surface area contributed by atoms with E-state index in [1.165, 1.54) is 116 Å². The standard InChI is InChI=1S/C91H146NO8P/c1-3-5-7-9-11-13-15-17-19-21-23-25-27-29-31-33-35-37-39-41-43-44-46-48-50-52-54-56-58-60-62-64-66-68-70-72-74-76-78-80-82-84-91(94)100-89(88-99-101(95,96)98-86-85-92)87-97-90(93)83-81-79-77-75-73-71-69-67-65-63-61-59-57-55-53-51-49-47-45-42-40-38-36-34-32-30-28-26-24-22-20-18-16-14-12-10-8-6-4-2/h5-8,11-14,17-20,23-26,29-32,35-38,41,43,46,48,52,54,58,60,64,66,70,72,89H,3-4,9-10,15-16,21-22,27-28,33-34,39-40,42,44-45,47,49-51,53,55-57,59,61-63,65,67-69,71,73-88,92H2,1-2H3,(H,95,96)/b7-5-,8-6-,13-11-,14-12-,19-17-,20-18-,25-23-,26-24-,31-29-,32-30-,37-35-,38-36-,43-41-,48-46-,54-52-,60-58-,66-64-,72-70-. The van der Waals surface area contributed by atoms with Crippen LogP contribution in [-0.2, 0) is 32.7 Å². The van der Waals surface area contributed by atoms with Crippen molar-refractivity contribution >= 4 is 19.8 Å². The Bertz CT molecular complexity index is 2470. The number of rotatable bonds is 73. The van der Waals surface area contributed by atoms with Crippen molar-refractivity contribution in [1.29, 1.82) is 0 Å². The van der Waals surface area contributed by atoms with Crippen molar-refractivity contribution in [3.63, 3.8) is 0 Å². The van der Waals surface area contributed by atoms with Crippen molar-refractivity contribution < 1.29 is 37.6 Å². The fourth-order valence-corrected chi connectivity index (χ4v) is 11.3. The molecule has 9 nitrogen and oxygen atoms in total. The third kappa shape index (κ3) is 83.2. The van der Waals surface area contributed by atoms with Gasteiger partial charge in [0.2, 0.25) is 0 Å². The van der Waals surface area contributed by atoms with Crippen molar-refractivity contribution in [2.24, 2.45) is 5.73 Å². The van der Waals surface area contributed by atoms with Crippen LogP contribution < -0.4 is 5.73 Å². The molecule has 0 aromatic carbocycles. The van der Waals surface area contributed by atoms with Crippen LogP contribution in [0.5, 0.6) is 0 Å². The summed E-state index contributed by atoms with van der Waals surface area (Å²) in [6.45, 7) is 3.48. The molecule has 0 aromatic heterocycles. The molecule has 0 heterocycles. The van der Waals surface area contributed by atoms with Gasteiger partial charge in [-0.15, -0.1) is 0 Å². The first kappa shape index (κ1) is 95.3. The minimum atomic E-state index is -4.42. The molecule has 0 amide bonds. The van der Waals surface area contributed by atoms with Crippen LogP contribution in [0.2, 0.25) is 0 Å². The predicted octanol–water partition coefficient (Wildman–Crippen LogP) is 27.5. The summed E-state index contributed by atoms with van der Waals surface area (Å²) >= 11 is 0. The van der Waals surface area contributed by atoms with Gasteiger partial charge in [-0.1, -0.05) is 361 Å². The Labute approximate surface area is 620 Å². The maximum absolute atomic E-state index is 12.8. The summed E-state index contributed by atoms with van der Waals surface area (Å²) in [5.74, 6) is -0.862. The number of carbonyl (C=O) groups excluding carboxylic acids is 2. The fraction of sp³-hybridized carbons (Fsp3) is 0.582. The van der Waals surface area contributed by atoms with E-state index < -0.39 is 32.5 Å². The molecular formula is C91H146NO8P. The fourth-order valence-electron chi connectivity index (χ4n) is 10.5. The van der Waals surface area contributed by atoms with Gasteiger partial charge in [0.1, 0.15) is 6.61 Å². The quantitative estimate of drug-likeness (QED) is 0.0264. The van der Waals surface area contributed by atoms with Crippen LogP contribution >= 0.6 is 7.82 Å². The molecule has 0 aliphatic rings. The maximum Gasteiger partial charge on any atom is 0.472 e. The molecule has 0 radical (unpaired) electrons. The molecule has 0 spiro atoms. The topological polar surface area (TPSA) is 134 Å². The molecule has 568 valence electrons. The Morgan fingerprint density at radius 3 is 0.762 bits per heavy atom. The second-order valence-corrected chi connectivity index (χ2v) is 27.3. The van der Waals surface area contributed by atoms with Crippen molar-refractivity contribution in [2.75, 3.05) is 26.4 Å². The molecule has 0 aliphatic carbocycles. The highest BCUT2D eigenvalue weighted by molar-refractivity contribution is 7.47. The van der Waals surface area contributed by atoms with Gasteiger partial charge in [-0.05, 0) is 154 Å². The number of phosphoric acid groups is 1. The lowest BCUT2D eigenvalue weighted by atomic mass is 10.0. The summed E-state index contributed by atoms with van der Waals surface area (Å²) in [6, 6.07) is 0. The normalized spacial score (nSPS) is 14.1. The van der Waals surface area contributed by atoms with Crippen LogP contribution in [0.1, 0.15) is 309 Å². The highest BCUT2D eigenvalue weighted by Crippen LogP contribution is 2.43. The summed E-state index contributed by atoms with van der Waals surface area (Å²) in [5, 5.41) is 0. The zero-order valence-corrected chi connectivity index (χ0v) is 64.9. The second kappa shape index (κ2) is 83.3. The summed E-state index contributed by atoms with van der Waals surface area (Å²) < 4.78 is 33.2. The van der Waals surface area contributed by atoms with Crippen molar-refractivity contribution in [2.45, 2.75) is 315 Å². The van der Waals surface area contributed by atoms with Gasteiger partial charge in [0.15, 0.2) is 6.10 Å². The van der Waals surface area contributed by atoms with E-state index >= 15 is 0 Å². The SMILES string of the molecule is CC/C=C\C/C=C\C/C=C\C/C=C\C/C=C\C/C=C\C/C=C\C/C=C\C/C=C\C/C=C\C/C=C\C/C=C\CCCCCCC(=O)OC(COC(=O)CCCCCCCCCCCCCCCCCCCCCC/C=C\C/C=C\C/C=C\C/C=C\C/C=C\C/C=C\CC)COP(=O)(O)OCCN. The third-order valence-electron chi connectivity index (χ3n) is 16.4. The predicted molar refractivity (Wildman–Crippen MR) is 440 cm³/mol. The highest BCUT2D eigenvalue weighted by Gasteiger charge is 2.26. The number of carbonyl (C=O) groups is 2. The lowest BCUT2D eigenvalue weighted by Crippen LogP contribution is -2.29. The Morgan fingerprint density at radius 1 is 0.297 bits per heavy atom. The molecule has 0 rings (SSSR count). The van der Waals surface area contributed by atoms with Crippen LogP contribution in [-0.4, -0.2) is 49.3 Å². The first-order chi connectivity index (χ1) is 49.8. The number of nitrogens with two attached hydrogens (primary N) is 1. The van der Waals surface area contributed by atoms with E-state index in [9.17, 15) is 19.0 Å². The van der Waals surface area contributed by atoms with Gasteiger partial charge in [0.25, 0.3) is 0 Å². The molecule has 0 aromatic rings. The number of allylic oxidation sites excluding steroid dienone is 36. The first-order valence-corrected chi connectivity index (χ1v) is 41.7. The first-order valence-electron chi connectivity index (χ1n) is 40.2. The van der Waals surface area contributed by atoms with E-state index in [1.54, 1.807) is 0 Å². The number of hydrogen-bond donors (Lipinski definition) is 2. The van der Waals surface area contributed by atoms with E-state index in [-0.39, 0.29) is 32.6 Å². The number of hydrogen-bond acceptors (Lipinski definition) is 8. The van der Waals surface area contributed by atoms with Gasteiger partial charge >= 0.3 is 19.8 Å². The van der Waals surface area contributed by atoms with Gasteiger partial charge in [-0.25, -0.2) is 4.57 Å². The molecule has 3 N–H and O–H groups in total. The smallest absolute Gasteiger partial charge is 0.462 e. The third-order valence-corrected chi connectivity index (χ3v) is 17.3. The maximum atomic E-state index is 12.8. The highest BCUT2D eigenvalue weighted by atomic mass is 31.2. The lowest BCUT2D eigenvalue weighted by Gasteiger charge is -2.19. The van der Waals surface area contributed by atoms with E-state index in [0.29, 0.717) is 6.42 Å². The van der Waals surface area contributed by atoms with Gasteiger partial charge in [-0.3, -0.25) is 18.6 Å². The van der Waals surface area contributed by atoms with Gasteiger partial charge in [-0.2, -0.15) is 0 Å². The van der Waals surface area contributed by atoms with E-state index in [2.05, 4.69) is 233 Å². The Balaban J connectivity index is 3.95. The number of esters is 2. The van der Waals surface area contributed by atoms with Crippen molar-refractivity contribution in [1.82, 2.24) is 0 Å². The van der Waals surface area contributed by atoms with Crippen LogP contribution in [0.4, 0.5) is 0 Å². The summed E-state index contributed by atoms with van der Waals surface area (Å²) in [5.41, 5.74) is 5.41. The van der Waals surface area contributed by atoms with Crippen LogP contribution in [0.15, 0.2) is 219 Å². The van der Waals surface area contributed by atoms with Gasteiger partial charge < -0.3 is 20.1 Å². The van der Waals surface area contributed by atoms with Crippen molar-refractivity contribution in [3.05, 3.63) is 219 Å². The Morgan fingerprint density at radius 2 is 0.515 bits per heavy atom. The van der Waals surface area contributed by atoms with Crippen LogP contribution in [0.3, 0.4) is 0 Å². The monoisotopic (exact) mass is 1410 g/mol. The average Bonchev–Trinajstić information content (AvgIpc) is 1.04. The Hall–Kier alpha value is -5.67. The molecule has 101 heavy (non-hydrogen) atoms. The summed E-state index contributed by atoms with van der Waals surface area (Å²) in [6.07, 6.45) is 129. The molecule has 0 saturated carbocycles. The van der Waals surface area contributed by atoms with Gasteiger partial charge in [0, 0.05) is 19.4 Å². The molecule has 10 heteroatoms. The minimum Gasteiger partial charge on any atom is -0.462 e. The number of unbranched alkanes of at least 4 members (excludes halogenated alkanes) is 24. The zero-order valence-electron chi connectivity index (χ0n) is 64.0. The number of ether oxygens (including phenoxy) is 2. The average molecular weight is 1410 g/mol. The molecule has 2 unspecified atom stereocenters. The summed E-state index contributed by atoms with van der Waals surface area (Å²) in [7, 11) is -4.42. The second-order valence-electron chi connectivity index (χ2n) is 25.8. The molecule has 0 bridgehead atoms. The largest absolute Gasteiger partial charge is 0.472 e. The minimum absolute atomic E-state index is 0.0397. The lowest BCUT2D eigenvalue weighted by molar-refractivity contribution is -0.161. The van der Waals surface area contributed by atoms with E-state index in [4.69, 9.17) is 24.3 Å². The van der Waals surface area contributed by atoms with E-state index in [1.807, 2.05) is 0 Å². The molecule has 2 atom stereocenters. The van der Waals surface area contributed by atoms with E-state index in [0.717, 1.165) is 161 Å².